The molecule has 1 aliphatic rings. The van der Waals surface area contributed by atoms with Crippen molar-refractivity contribution in [1.29, 1.82) is 0 Å². The molecule has 0 atom stereocenters. The van der Waals surface area contributed by atoms with Gasteiger partial charge < -0.3 is 9.30 Å². The molecule has 0 bridgehead atoms. The first-order valence-corrected chi connectivity index (χ1v) is 11.1. The molecule has 1 amide bonds. The van der Waals surface area contributed by atoms with E-state index in [9.17, 15) is 18.0 Å². The summed E-state index contributed by atoms with van der Waals surface area (Å²) in [6, 6.07) is 10.6. The fourth-order valence-electron chi connectivity index (χ4n) is 3.28. The molecule has 3 aromatic rings. The molecule has 0 saturated heterocycles. The fraction of sp³-hybridized carbons (Fsp3) is 0.286. The van der Waals surface area contributed by atoms with Crippen LogP contribution in [0.25, 0.3) is 0 Å². The third-order valence-corrected chi connectivity index (χ3v) is 6.21. The van der Waals surface area contributed by atoms with E-state index in [4.69, 9.17) is 16.3 Å². The van der Waals surface area contributed by atoms with Crippen molar-refractivity contribution in [3.63, 3.8) is 0 Å². The molecule has 0 radical (unpaired) electrons. The van der Waals surface area contributed by atoms with E-state index < -0.39 is 17.6 Å². The summed E-state index contributed by atoms with van der Waals surface area (Å²) in [7, 11) is 0. The smallest absolute Gasteiger partial charge is 0.416 e. The summed E-state index contributed by atoms with van der Waals surface area (Å²) >= 11 is 7.39. The number of ether oxygens (including phenoxy) is 1. The van der Waals surface area contributed by atoms with Gasteiger partial charge in [0.25, 0.3) is 5.91 Å². The maximum Gasteiger partial charge on any atom is 0.416 e. The number of nitrogens with zero attached hydrogens (tertiary/aromatic N) is 4. The van der Waals surface area contributed by atoms with Gasteiger partial charge >= 0.3 is 6.18 Å². The lowest BCUT2D eigenvalue weighted by Crippen LogP contribution is -2.39. The highest BCUT2D eigenvalue weighted by atomic mass is 35.5. The zero-order chi connectivity index (χ0) is 22.9. The van der Waals surface area contributed by atoms with Crippen LogP contribution in [0.2, 0.25) is 5.02 Å². The SMILES string of the molecule is CCn1c(CN2C(=O)COc3ccc(C(F)(F)F)cc32)nnc1SCc1ccc(Cl)cc1. The molecule has 0 unspecified atom stereocenters. The highest BCUT2D eigenvalue weighted by Gasteiger charge is 2.34. The molecule has 4 rings (SSSR count). The van der Waals surface area contributed by atoms with Crippen molar-refractivity contribution in [2.24, 2.45) is 0 Å². The van der Waals surface area contributed by atoms with Crippen LogP contribution in [-0.2, 0) is 29.8 Å². The van der Waals surface area contributed by atoms with Gasteiger partial charge in [0.2, 0.25) is 0 Å². The van der Waals surface area contributed by atoms with Gasteiger partial charge in [-0.05, 0) is 42.8 Å². The first-order chi connectivity index (χ1) is 15.3. The average molecular weight is 483 g/mol. The lowest BCUT2D eigenvalue weighted by Gasteiger charge is -2.29. The Morgan fingerprint density at radius 3 is 2.59 bits per heavy atom. The Kier molecular flexibility index (Phi) is 6.34. The topological polar surface area (TPSA) is 60.2 Å². The molecule has 1 aromatic heterocycles. The van der Waals surface area contributed by atoms with E-state index in [0.29, 0.717) is 28.3 Å². The van der Waals surface area contributed by atoms with Gasteiger partial charge in [-0.1, -0.05) is 35.5 Å². The Bertz CT molecular complexity index is 1140. The van der Waals surface area contributed by atoms with Crippen LogP contribution in [0.1, 0.15) is 23.9 Å². The van der Waals surface area contributed by atoms with E-state index in [1.807, 2.05) is 35.8 Å². The summed E-state index contributed by atoms with van der Waals surface area (Å²) in [5.74, 6) is 0.892. The number of amides is 1. The summed E-state index contributed by atoms with van der Waals surface area (Å²) < 4.78 is 46.7. The standard InChI is InChI=1S/C21H18ClF3N4O2S/c1-2-28-18(26-27-20(28)32-12-13-3-6-15(22)7-4-13)10-29-16-9-14(21(23,24)25)5-8-17(16)31-11-19(29)30/h3-9H,2,10-12H2,1H3. The zero-order valence-electron chi connectivity index (χ0n) is 16.9. The van der Waals surface area contributed by atoms with Gasteiger partial charge in [0, 0.05) is 17.3 Å². The minimum Gasteiger partial charge on any atom is -0.482 e. The third-order valence-electron chi connectivity index (χ3n) is 4.92. The van der Waals surface area contributed by atoms with Gasteiger partial charge in [0.15, 0.2) is 17.6 Å². The molecule has 6 nitrogen and oxygen atoms in total. The molecule has 168 valence electrons. The van der Waals surface area contributed by atoms with Crippen molar-refractivity contribution in [3.8, 4) is 5.75 Å². The Hall–Kier alpha value is -2.72. The van der Waals surface area contributed by atoms with E-state index in [0.717, 1.165) is 17.7 Å². The number of carbonyl (C=O) groups is 1. The Balaban J connectivity index is 1.58. The number of halogens is 4. The van der Waals surface area contributed by atoms with Crippen LogP contribution in [-0.4, -0.2) is 27.3 Å². The van der Waals surface area contributed by atoms with Crippen LogP contribution in [0.3, 0.4) is 0 Å². The Morgan fingerprint density at radius 1 is 1.16 bits per heavy atom. The monoisotopic (exact) mass is 482 g/mol. The highest BCUT2D eigenvalue weighted by molar-refractivity contribution is 7.98. The van der Waals surface area contributed by atoms with Gasteiger partial charge in [-0.3, -0.25) is 9.69 Å². The number of carbonyl (C=O) groups excluding carboxylic acids is 1. The first-order valence-electron chi connectivity index (χ1n) is 9.70. The molecule has 11 heteroatoms. The van der Waals surface area contributed by atoms with Gasteiger partial charge in [-0.15, -0.1) is 10.2 Å². The molecule has 0 fully saturated rings. The van der Waals surface area contributed by atoms with Crippen LogP contribution in [0.15, 0.2) is 47.6 Å². The summed E-state index contributed by atoms with van der Waals surface area (Å²) in [6.45, 7) is 2.19. The molecule has 0 aliphatic carbocycles. The van der Waals surface area contributed by atoms with Crippen LogP contribution >= 0.6 is 23.4 Å². The molecule has 2 aromatic carbocycles. The van der Waals surface area contributed by atoms with Gasteiger partial charge in [0.1, 0.15) is 5.75 Å². The summed E-state index contributed by atoms with van der Waals surface area (Å²) in [5, 5.41) is 9.73. The van der Waals surface area contributed by atoms with Crippen molar-refractivity contribution in [3.05, 3.63) is 64.4 Å². The number of alkyl halides is 3. The van der Waals surface area contributed by atoms with Crippen molar-refractivity contribution in [2.45, 2.75) is 37.1 Å². The van der Waals surface area contributed by atoms with Crippen LogP contribution in [0.4, 0.5) is 18.9 Å². The van der Waals surface area contributed by atoms with Crippen LogP contribution < -0.4 is 9.64 Å². The van der Waals surface area contributed by atoms with E-state index in [2.05, 4.69) is 10.2 Å². The molecule has 2 heterocycles. The maximum absolute atomic E-state index is 13.2. The lowest BCUT2D eigenvalue weighted by atomic mass is 10.1. The Morgan fingerprint density at radius 2 is 1.91 bits per heavy atom. The second-order valence-electron chi connectivity index (χ2n) is 7.01. The molecule has 0 N–H and O–H groups in total. The van der Waals surface area contributed by atoms with Crippen molar-refractivity contribution in [2.75, 3.05) is 11.5 Å². The highest BCUT2D eigenvalue weighted by Crippen LogP contribution is 2.39. The van der Waals surface area contributed by atoms with Gasteiger partial charge in [-0.25, -0.2) is 0 Å². The van der Waals surface area contributed by atoms with E-state index in [-0.39, 0.29) is 24.6 Å². The molecule has 32 heavy (non-hydrogen) atoms. The molecule has 1 aliphatic heterocycles. The number of benzene rings is 2. The van der Waals surface area contributed by atoms with E-state index in [1.165, 1.54) is 22.7 Å². The number of hydrogen-bond donors (Lipinski definition) is 0. The second-order valence-corrected chi connectivity index (χ2v) is 8.39. The second kappa shape index (κ2) is 9.03. The Labute approximate surface area is 191 Å². The summed E-state index contributed by atoms with van der Waals surface area (Å²) in [6.07, 6.45) is -4.53. The number of aromatic nitrogens is 3. The van der Waals surface area contributed by atoms with Crippen LogP contribution in [0.5, 0.6) is 5.75 Å². The lowest BCUT2D eigenvalue weighted by molar-refractivity contribution is -0.137. The average Bonchev–Trinajstić information content (AvgIpc) is 3.16. The number of hydrogen-bond acceptors (Lipinski definition) is 5. The predicted octanol–water partition coefficient (Wildman–Crippen LogP) is 5.19. The largest absolute Gasteiger partial charge is 0.482 e. The third kappa shape index (κ3) is 4.71. The summed E-state index contributed by atoms with van der Waals surface area (Å²) in [5.41, 5.74) is 0.274. The van der Waals surface area contributed by atoms with Gasteiger partial charge in [-0.2, -0.15) is 13.2 Å². The van der Waals surface area contributed by atoms with Crippen molar-refractivity contribution >= 4 is 35.0 Å². The fourth-order valence-corrected chi connectivity index (χ4v) is 4.39. The van der Waals surface area contributed by atoms with Gasteiger partial charge in [0.05, 0.1) is 17.8 Å². The normalized spacial score (nSPS) is 13.8. The molecule has 0 saturated carbocycles. The predicted molar refractivity (Wildman–Crippen MR) is 115 cm³/mol. The maximum atomic E-state index is 13.2. The zero-order valence-corrected chi connectivity index (χ0v) is 18.5. The minimum atomic E-state index is -4.53. The van der Waals surface area contributed by atoms with Crippen LogP contribution in [0, 0.1) is 0 Å². The number of thioether (sulfide) groups is 1. The number of rotatable bonds is 6. The molecule has 0 spiro atoms. The first kappa shape index (κ1) is 22.5. The van der Waals surface area contributed by atoms with Crippen molar-refractivity contribution in [1.82, 2.24) is 14.8 Å². The van der Waals surface area contributed by atoms with Crippen molar-refractivity contribution < 1.29 is 22.7 Å². The molecular weight excluding hydrogens is 465 g/mol. The van der Waals surface area contributed by atoms with E-state index in [1.54, 1.807) is 0 Å². The van der Waals surface area contributed by atoms with E-state index >= 15 is 0 Å². The number of anilines is 1. The minimum absolute atomic E-state index is 0.0150. The molecular formula is C21H18ClF3N4O2S. The summed E-state index contributed by atoms with van der Waals surface area (Å²) in [4.78, 5) is 13.8. The quantitative estimate of drug-likeness (QED) is 0.453. The number of fused-ring (bicyclic) bond motifs is 1.